The van der Waals surface area contributed by atoms with Crippen LogP contribution in [-0.2, 0) is 11.3 Å². The summed E-state index contributed by atoms with van der Waals surface area (Å²) in [6, 6.07) is 22.8. The van der Waals surface area contributed by atoms with Gasteiger partial charge in [0.1, 0.15) is 12.3 Å². The third-order valence-corrected chi connectivity index (χ3v) is 4.63. The molecule has 0 aliphatic heterocycles. The summed E-state index contributed by atoms with van der Waals surface area (Å²) in [5.41, 5.74) is 1.71. The molecule has 1 unspecified atom stereocenters. The van der Waals surface area contributed by atoms with Gasteiger partial charge in [0.15, 0.2) is 23.8 Å². The molecular weight excluding hydrogens is 392 g/mol. The lowest BCUT2D eigenvalue weighted by Crippen LogP contribution is -3.08. The lowest BCUT2D eigenvalue weighted by molar-refractivity contribution is -0.885. The molecule has 1 amide bonds. The topological polar surface area (TPSA) is 61.2 Å². The summed E-state index contributed by atoms with van der Waals surface area (Å²) in [5, 5.41) is 2.97. The number of likely N-dealkylation sites (N-methyl/N-ethyl adjacent to an activating group) is 1. The van der Waals surface area contributed by atoms with E-state index in [1.54, 1.807) is 7.11 Å². The number of nitrogens with one attached hydrogen (secondary N) is 2. The second-order valence-corrected chi connectivity index (χ2v) is 7.19. The number of carbonyl (C=O) groups is 1. The van der Waals surface area contributed by atoms with Crippen LogP contribution in [0, 0.1) is 0 Å². The fraction of sp³-hybridized carbons (Fsp3) is 0.240. The van der Waals surface area contributed by atoms with Crippen LogP contribution in [-0.4, -0.2) is 33.2 Å². The molecule has 3 aromatic rings. The van der Waals surface area contributed by atoms with Crippen molar-refractivity contribution in [3.05, 3.63) is 78.4 Å². The average molecular weight is 422 g/mol. The second kappa shape index (κ2) is 11.0. The van der Waals surface area contributed by atoms with Gasteiger partial charge in [0.25, 0.3) is 5.91 Å². The van der Waals surface area contributed by atoms with Gasteiger partial charge in [-0.05, 0) is 49.4 Å². The van der Waals surface area contributed by atoms with E-state index in [0.717, 1.165) is 22.0 Å². The predicted octanol–water partition coefficient (Wildman–Crippen LogP) is 3.54. The zero-order chi connectivity index (χ0) is 22.1. The third kappa shape index (κ3) is 6.49. The van der Waals surface area contributed by atoms with Gasteiger partial charge in [0, 0.05) is 5.56 Å². The van der Waals surface area contributed by atoms with Gasteiger partial charge in [0.2, 0.25) is 0 Å². The maximum Gasteiger partial charge on any atom is 0.279 e. The number of para-hydroxylation sites is 3. The Kier molecular flexibility index (Phi) is 7.90. The average Bonchev–Trinajstić information content (AvgIpc) is 2.77. The van der Waals surface area contributed by atoms with Crippen LogP contribution in [0.15, 0.2) is 72.8 Å². The van der Waals surface area contributed by atoms with Crippen LogP contribution in [0.3, 0.4) is 0 Å². The summed E-state index contributed by atoms with van der Waals surface area (Å²) in [5.74, 6) is 2.66. The van der Waals surface area contributed by atoms with Crippen LogP contribution in [0.25, 0.3) is 0 Å². The highest BCUT2D eigenvalue weighted by molar-refractivity contribution is 5.93. The van der Waals surface area contributed by atoms with Gasteiger partial charge in [-0.3, -0.25) is 4.79 Å². The molecule has 6 heteroatoms. The standard InChI is InChI=1S/C25H28N2O4/c1-4-30-23-15-14-19(16-24(23)29-3)17-27(2)18-25(28)26-21-12-8-9-13-22(21)31-20-10-6-5-7-11-20/h5-16H,4,17-18H2,1-3H3,(H,26,28)/p+1. The molecule has 31 heavy (non-hydrogen) atoms. The first-order valence-corrected chi connectivity index (χ1v) is 10.3. The number of hydrogen-bond donors (Lipinski definition) is 2. The molecule has 0 saturated carbocycles. The number of anilines is 1. The quantitative estimate of drug-likeness (QED) is 0.526. The first kappa shape index (κ1) is 22.2. The molecule has 0 spiro atoms. The number of rotatable bonds is 10. The van der Waals surface area contributed by atoms with Gasteiger partial charge >= 0.3 is 0 Å². The molecule has 0 aliphatic rings. The van der Waals surface area contributed by atoms with E-state index in [-0.39, 0.29) is 5.91 Å². The molecule has 0 bridgehead atoms. The first-order valence-electron chi connectivity index (χ1n) is 10.3. The normalized spacial score (nSPS) is 11.5. The molecule has 0 radical (unpaired) electrons. The summed E-state index contributed by atoms with van der Waals surface area (Å²) in [6.45, 7) is 3.51. The number of amides is 1. The molecular formula is C25H29N2O4+. The van der Waals surface area contributed by atoms with Gasteiger partial charge < -0.3 is 24.4 Å². The summed E-state index contributed by atoms with van der Waals surface area (Å²) < 4.78 is 16.9. The Balaban J connectivity index is 1.60. The van der Waals surface area contributed by atoms with Crippen molar-refractivity contribution in [1.82, 2.24) is 0 Å². The zero-order valence-corrected chi connectivity index (χ0v) is 18.2. The lowest BCUT2D eigenvalue weighted by atomic mass is 10.2. The molecule has 0 aromatic heterocycles. The van der Waals surface area contributed by atoms with E-state index in [2.05, 4.69) is 5.32 Å². The van der Waals surface area contributed by atoms with E-state index in [1.807, 2.05) is 86.8 Å². The monoisotopic (exact) mass is 421 g/mol. The zero-order valence-electron chi connectivity index (χ0n) is 18.2. The molecule has 2 N–H and O–H groups in total. The lowest BCUT2D eigenvalue weighted by Gasteiger charge is -2.16. The van der Waals surface area contributed by atoms with Gasteiger partial charge in [-0.25, -0.2) is 0 Å². The Morgan fingerprint density at radius 3 is 2.42 bits per heavy atom. The highest BCUT2D eigenvalue weighted by Gasteiger charge is 2.15. The van der Waals surface area contributed by atoms with E-state index in [1.165, 1.54) is 0 Å². The molecule has 6 nitrogen and oxygen atoms in total. The fourth-order valence-electron chi connectivity index (χ4n) is 3.25. The minimum absolute atomic E-state index is 0.0838. The Labute approximate surface area is 183 Å². The molecule has 0 heterocycles. The Hall–Kier alpha value is -3.51. The van der Waals surface area contributed by atoms with Crippen LogP contribution in [0.4, 0.5) is 5.69 Å². The van der Waals surface area contributed by atoms with E-state index in [0.29, 0.717) is 36.9 Å². The highest BCUT2D eigenvalue weighted by atomic mass is 16.5. The number of hydrogen-bond acceptors (Lipinski definition) is 4. The van der Waals surface area contributed by atoms with Crippen molar-refractivity contribution in [2.45, 2.75) is 13.5 Å². The summed E-state index contributed by atoms with van der Waals surface area (Å²) in [4.78, 5) is 13.7. The minimum atomic E-state index is -0.0838. The Morgan fingerprint density at radius 1 is 0.935 bits per heavy atom. The van der Waals surface area contributed by atoms with Crippen molar-refractivity contribution < 1.29 is 23.9 Å². The molecule has 162 valence electrons. The Morgan fingerprint density at radius 2 is 1.68 bits per heavy atom. The van der Waals surface area contributed by atoms with Crippen LogP contribution >= 0.6 is 0 Å². The van der Waals surface area contributed by atoms with Crippen molar-refractivity contribution >= 4 is 11.6 Å². The van der Waals surface area contributed by atoms with Crippen molar-refractivity contribution in [2.24, 2.45) is 0 Å². The SMILES string of the molecule is CCOc1ccc(C[NH+](C)CC(=O)Nc2ccccc2Oc2ccccc2)cc1OC. The molecule has 3 rings (SSSR count). The Bertz CT molecular complexity index is 992. The van der Waals surface area contributed by atoms with Gasteiger partial charge in [-0.1, -0.05) is 30.3 Å². The second-order valence-electron chi connectivity index (χ2n) is 7.19. The van der Waals surface area contributed by atoms with Gasteiger partial charge in [-0.2, -0.15) is 0 Å². The van der Waals surface area contributed by atoms with E-state index >= 15 is 0 Å². The van der Waals surface area contributed by atoms with Gasteiger partial charge in [-0.15, -0.1) is 0 Å². The first-order chi connectivity index (χ1) is 15.1. The number of benzene rings is 3. The summed E-state index contributed by atoms with van der Waals surface area (Å²) >= 11 is 0. The molecule has 0 fully saturated rings. The van der Waals surface area contributed by atoms with Crippen LogP contribution in [0.2, 0.25) is 0 Å². The fourth-order valence-corrected chi connectivity index (χ4v) is 3.25. The molecule has 3 aromatic carbocycles. The van der Waals surface area contributed by atoms with E-state index in [4.69, 9.17) is 14.2 Å². The number of quaternary nitrogens is 1. The maximum atomic E-state index is 12.6. The van der Waals surface area contributed by atoms with Crippen LogP contribution in [0.5, 0.6) is 23.0 Å². The largest absolute Gasteiger partial charge is 0.493 e. The van der Waals surface area contributed by atoms with Gasteiger partial charge in [0.05, 0.1) is 26.5 Å². The minimum Gasteiger partial charge on any atom is -0.493 e. The molecule has 1 atom stereocenters. The third-order valence-electron chi connectivity index (χ3n) is 4.63. The summed E-state index contributed by atoms with van der Waals surface area (Å²) in [6.07, 6.45) is 0. The summed E-state index contributed by atoms with van der Waals surface area (Å²) in [7, 11) is 3.61. The number of methoxy groups -OCH3 is 1. The number of ether oxygens (including phenoxy) is 3. The smallest absolute Gasteiger partial charge is 0.279 e. The van der Waals surface area contributed by atoms with E-state index in [9.17, 15) is 4.79 Å². The predicted molar refractivity (Wildman–Crippen MR) is 121 cm³/mol. The number of carbonyl (C=O) groups excluding carboxylic acids is 1. The highest BCUT2D eigenvalue weighted by Crippen LogP contribution is 2.29. The van der Waals surface area contributed by atoms with Crippen molar-refractivity contribution in [1.29, 1.82) is 0 Å². The van der Waals surface area contributed by atoms with E-state index < -0.39 is 0 Å². The molecule has 0 saturated heterocycles. The molecule has 0 aliphatic carbocycles. The van der Waals surface area contributed by atoms with Crippen LogP contribution in [0.1, 0.15) is 12.5 Å². The van der Waals surface area contributed by atoms with Crippen LogP contribution < -0.4 is 24.4 Å². The van der Waals surface area contributed by atoms with Crippen molar-refractivity contribution in [3.8, 4) is 23.0 Å². The van der Waals surface area contributed by atoms with Crippen molar-refractivity contribution in [3.63, 3.8) is 0 Å². The van der Waals surface area contributed by atoms with Crippen molar-refractivity contribution in [2.75, 3.05) is 32.6 Å². The maximum absolute atomic E-state index is 12.6.